The maximum Gasteiger partial charge on any atom is 0.223 e. The quantitative estimate of drug-likeness (QED) is 0.726. The van der Waals surface area contributed by atoms with E-state index < -0.39 is 0 Å². The van der Waals surface area contributed by atoms with Crippen LogP contribution in [0.2, 0.25) is 0 Å². The second-order valence-corrected chi connectivity index (χ2v) is 5.86. The molecule has 0 aromatic carbocycles. The molecule has 0 bridgehead atoms. The summed E-state index contributed by atoms with van der Waals surface area (Å²) in [5, 5.41) is 5.95. The van der Waals surface area contributed by atoms with Gasteiger partial charge in [-0.3, -0.25) is 9.59 Å². The van der Waals surface area contributed by atoms with E-state index >= 15 is 0 Å². The predicted octanol–water partition coefficient (Wildman–Crippen LogP) is 2.23. The average Bonchev–Trinajstić information content (AvgIpc) is 2.38. The van der Waals surface area contributed by atoms with Crippen molar-refractivity contribution < 1.29 is 9.59 Å². The number of amides is 2. The fraction of sp³-hybridized carbons (Fsp3) is 0.867. The first-order valence-electron chi connectivity index (χ1n) is 7.62. The Morgan fingerprint density at radius 2 is 1.58 bits per heavy atom. The van der Waals surface area contributed by atoms with E-state index in [1.165, 1.54) is 0 Å². The number of unbranched alkanes of at least 4 members (excludes halogenated alkanes) is 1. The summed E-state index contributed by atoms with van der Waals surface area (Å²) in [4.78, 5) is 23.8. The van der Waals surface area contributed by atoms with Gasteiger partial charge in [0, 0.05) is 24.4 Å². The van der Waals surface area contributed by atoms with E-state index in [-0.39, 0.29) is 29.7 Å². The van der Waals surface area contributed by atoms with Crippen LogP contribution in [0.15, 0.2) is 0 Å². The van der Waals surface area contributed by atoms with Crippen LogP contribution < -0.4 is 10.6 Å². The van der Waals surface area contributed by atoms with Crippen molar-refractivity contribution in [1.29, 1.82) is 0 Å². The van der Waals surface area contributed by atoms with Crippen molar-refractivity contribution in [3.8, 4) is 0 Å². The molecule has 1 aliphatic carbocycles. The van der Waals surface area contributed by atoms with Crippen molar-refractivity contribution in [2.24, 2.45) is 11.8 Å². The highest BCUT2D eigenvalue weighted by molar-refractivity contribution is 5.81. The summed E-state index contributed by atoms with van der Waals surface area (Å²) in [5.41, 5.74) is 0. The van der Waals surface area contributed by atoms with Crippen LogP contribution in [0, 0.1) is 11.8 Å². The van der Waals surface area contributed by atoms with Gasteiger partial charge < -0.3 is 10.6 Å². The number of carbonyl (C=O) groups excluding carboxylic acids is 2. The lowest BCUT2D eigenvalue weighted by molar-refractivity contribution is -0.130. The van der Waals surface area contributed by atoms with Gasteiger partial charge in [0.2, 0.25) is 11.8 Å². The highest BCUT2D eigenvalue weighted by Crippen LogP contribution is 2.29. The Morgan fingerprint density at radius 3 is 2.05 bits per heavy atom. The highest BCUT2D eigenvalue weighted by atomic mass is 16.2. The van der Waals surface area contributed by atoms with Crippen LogP contribution in [0.5, 0.6) is 0 Å². The van der Waals surface area contributed by atoms with Crippen molar-refractivity contribution >= 4 is 11.8 Å². The molecule has 19 heavy (non-hydrogen) atoms. The molecule has 0 saturated heterocycles. The first-order chi connectivity index (χ1) is 9.04. The zero-order valence-corrected chi connectivity index (χ0v) is 12.5. The van der Waals surface area contributed by atoms with E-state index in [0.29, 0.717) is 0 Å². The van der Waals surface area contributed by atoms with Gasteiger partial charge in [0.1, 0.15) is 0 Å². The molecule has 0 aromatic heterocycles. The Labute approximate surface area is 116 Å². The SMILES string of the molecule is CCCCNC(=O)C1CCC(C(=O)NC(C)C)CC1. The Balaban J connectivity index is 2.28. The van der Waals surface area contributed by atoms with Gasteiger partial charge in [0.05, 0.1) is 0 Å². The molecule has 1 saturated carbocycles. The monoisotopic (exact) mass is 268 g/mol. The molecule has 110 valence electrons. The molecule has 0 aliphatic heterocycles. The van der Waals surface area contributed by atoms with Crippen molar-refractivity contribution in [2.75, 3.05) is 6.54 Å². The van der Waals surface area contributed by atoms with Crippen LogP contribution in [0.4, 0.5) is 0 Å². The molecule has 0 spiro atoms. The fourth-order valence-corrected chi connectivity index (χ4v) is 2.55. The third kappa shape index (κ3) is 5.62. The maximum atomic E-state index is 11.9. The maximum absolute atomic E-state index is 11.9. The van der Waals surface area contributed by atoms with Gasteiger partial charge in [0.15, 0.2) is 0 Å². The Hall–Kier alpha value is -1.06. The Kier molecular flexibility index (Phi) is 6.89. The molecule has 0 aromatic rings. The van der Waals surface area contributed by atoms with Crippen molar-refractivity contribution in [3.05, 3.63) is 0 Å². The van der Waals surface area contributed by atoms with E-state index in [2.05, 4.69) is 17.6 Å². The summed E-state index contributed by atoms with van der Waals surface area (Å²) in [6.45, 7) is 6.85. The first kappa shape index (κ1) is 16.0. The third-order valence-electron chi connectivity index (χ3n) is 3.73. The topological polar surface area (TPSA) is 58.2 Å². The fourth-order valence-electron chi connectivity index (χ4n) is 2.55. The standard InChI is InChI=1S/C15H28N2O2/c1-4-5-10-16-14(18)12-6-8-13(9-7-12)15(19)17-11(2)3/h11-13H,4-10H2,1-3H3,(H,16,18)(H,17,19). The zero-order chi connectivity index (χ0) is 14.3. The van der Waals surface area contributed by atoms with Gasteiger partial charge in [-0.2, -0.15) is 0 Å². The summed E-state index contributed by atoms with van der Waals surface area (Å²) in [5.74, 6) is 0.540. The van der Waals surface area contributed by atoms with Gasteiger partial charge >= 0.3 is 0 Å². The number of nitrogens with one attached hydrogen (secondary N) is 2. The number of hydrogen-bond acceptors (Lipinski definition) is 2. The minimum Gasteiger partial charge on any atom is -0.356 e. The lowest BCUT2D eigenvalue weighted by Crippen LogP contribution is -2.39. The summed E-state index contributed by atoms with van der Waals surface area (Å²) in [6.07, 6.45) is 5.50. The summed E-state index contributed by atoms with van der Waals surface area (Å²) in [7, 11) is 0. The number of carbonyl (C=O) groups is 2. The van der Waals surface area contributed by atoms with Crippen molar-refractivity contribution in [1.82, 2.24) is 10.6 Å². The molecule has 4 heteroatoms. The van der Waals surface area contributed by atoms with Crippen LogP contribution in [0.25, 0.3) is 0 Å². The molecule has 0 atom stereocenters. The number of rotatable bonds is 6. The second-order valence-electron chi connectivity index (χ2n) is 5.86. The van der Waals surface area contributed by atoms with E-state index in [0.717, 1.165) is 45.1 Å². The third-order valence-corrected chi connectivity index (χ3v) is 3.73. The summed E-state index contributed by atoms with van der Waals surface area (Å²) < 4.78 is 0. The molecular weight excluding hydrogens is 240 g/mol. The van der Waals surface area contributed by atoms with E-state index in [9.17, 15) is 9.59 Å². The molecular formula is C15H28N2O2. The van der Waals surface area contributed by atoms with Crippen LogP contribution in [0.1, 0.15) is 59.3 Å². The van der Waals surface area contributed by atoms with Gasteiger partial charge in [-0.1, -0.05) is 13.3 Å². The number of hydrogen-bond donors (Lipinski definition) is 2. The molecule has 2 N–H and O–H groups in total. The lowest BCUT2D eigenvalue weighted by Gasteiger charge is -2.27. The van der Waals surface area contributed by atoms with Crippen LogP contribution in [-0.2, 0) is 9.59 Å². The normalized spacial score (nSPS) is 23.2. The zero-order valence-electron chi connectivity index (χ0n) is 12.5. The smallest absolute Gasteiger partial charge is 0.223 e. The Morgan fingerprint density at radius 1 is 1.05 bits per heavy atom. The molecule has 0 heterocycles. The largest absolute Gasteiger partial charge is 0.356 e. The van der Waals surface area contributed by atoms with Gasteiger partial charge in [0.25, 0.3) is 0 Å². The van der Waals surface area contributed by atoms with Gasteiger partial charge in [-0.15, -0.1) is 0 Å². The van der Waals surface area contributed by atoms with E-state index in [1.807, 2.05) is 13.8 Å². The molecule has 1 rings (SSSR count). The van der Waals surface area contributed by atoms with Crippen LogP contribution in [0.3, 0.4) is 0 Å². The van der Waals surface area contributed by atoms with E-state index in [1.54, 1.807) is 0 Å². The minimum atomic E-state index is 0.0992. The van der Waals surface area contributed by atoms with Crippen LogP contribution >= 0.6 is 0 Å². The van der Waals surface area contributed by atoms with Gasteiger partial charge in [-0.05, 0) is 46.0 Å². The van der Waals surface area contributed by atoms with Crippen molar-refractivity contribution in [3.63, 3.8) is 0 Å². The minimum absolute atomic E-state index is 0.0992. The molecule has 0 radical (unpaired) electrons. The van der Waals surface area contributed by atoms with Gasteiger partial charge in [-0.25, -0.2) is 0 Å². The summed E-state index contributed by atoms with van der Waals surface area (Å²) >= 11 is 0. The second kappa shape index (κ2) is 8.18. The molecule has 1 aliphatic rings. The first-order valence-corrected chi connectivity index (χ1v) is 7.62. The lowest BCUT2D eigenvalue weighted by atomic mass is 9.81. The molecule has 0 unspecified atom stereocenters. The molecule has 1 fully saturated rings. The van der Waals surface area contributed by atoms with Crippen LogP contribution in [-0.4, -0.2) is 24.4 Å². The summed E-state index contributed by atoms with van der Waals surface area (Å²) in [6, 6.07) is 0.197. The molecule has 2 amide bonds. The highest BCUT2D eigenvalue weighted by Gasteiger charge is 2.29. The van der Waals surface area contributed by atoms with E-state index in [4.69, 9.17) is 0 Å². The van der Waals surface area contributed by atoms with Crippen molar-refractivity contribution in [2.45, 2.75) is 65.3 Å². The predicted molar refractivity (Wildman–Crippen MR) is 76.6 cm³/mol. The Bertz CT molecular complexity index is 295. The average molecular weight is 268 g/mol. The molecule has 4 nitrogen and oxygen atoms in total.